The van der Waals surface area contributed by atoms with Crippen LogP contribution in [0.4, 0.5) is 0 Å². The highest BCUT2D eigenvalue weighted by Gasteiger charge is 2.30. The van der Waals surface area contributed by atoms with Crippen LogP contribution in [0, 0.1) is 6.92 Å². The molecule has 2 heterocycles. The number of benzene rings is 2. The lowest BCUT2D eigenvalue weighted by molar-refractivity contribution is -0.152. The van der Waals surface area contributed by atoms with Crippen molar-refractivity contribution in [3.05, 3.63) is 89.5 Å². The number of aromatic nitrogens is 2. The van der Waals surface area contributed by atoms with Gasteiger partial charge in [0.2, 0.25) is 11.8 Å². The molecule has 4 rings (SSSR count). The van der Waals surface area contributed by atoms with E-state index in [-0.39, 0.29) is 6.04 Å². The van der Waals surface area contributed by atoms with Crippen LogP contribution < -0.4 is 10.1 Å². The summed E-state index contributed by atoms with van der Waals surface area (Å²) in [5, 5.41) is 12.9. The molecule has 188 valence electrons. The van der Waals surface area contributed by atoms with E-state index in [4.69, 9.17) is 18.6 Å². The zero-order valence-electron chi connectivity index (χ0n) is 20.9. The largest absolute Gasteiger partial charge is 0.478 e. The van der Waals surface area contributed by atoms with Crippen molar-refractivity contribution in [1.29, 1.82) is 0 Å². The summed E-state index contributed by atoms with van der Waals surface area (Å²) < 4.78 is 17.3. The highest BCUT2D eigenvalue weighted by Crippen LogP contribution is 2.27. The molecule has 4 aromatic rings. The van der Waals surface area contributed by atoms with Crippen molar-refractivity contribution in [1.82, 2.24) is 15.3 Å². The van der Waals surface area contributed by atoms with Gasteiger partial charge in [-0.3, -0.25) is 0 Å². The monoisotopic (exact) mass is 489 g/mol. The lowest BCUT2D eigenvalue weighted by Crippen LogP contribution is -2.38. The van der Waals surface area contributed by atoms with E-state index in [1.807, 2.05) is 62.4 Å². The van der Waals surface area contributed by atoms with Crippen molar-refractivity contribution in [2.75, 3.05) is 0 Å². The highest BCUT2D eigenvalue weighted by molar-refractivity contribution is 5.76. The fraction of sp³-hybridized carbons (Fsp3) is 0.321. The Morgan fingerprint density at radius 2 is 1.97 bits per heavy atom. The minimum atomic E-state index is -1.31. The summed E-state index contributed by atoms with van der Waals surface area (Å²) in [6, 6.07) is 15.4. The Kier molecular flexibility index (Phi) is 7.55. The number of carbonyl (C=O) groups is 1. The Morgan fingerprint density at radius 3 is 2.64 bits per heavy atom. The average molecular weight is 490 g/mol. The molecular weight excluding hydrogens is 458 g/mol. The third-order valence-electron chi connectivity index (χ3n) is 6.00. The van der Waals surface area contributed by atoms with E-state index in [0.29, 0.717) is 36.9 Å². The van der Waals surface area contributed by atoms with E-state index < -0.39 is 11.6 Å². The molecule has 0 aliphatic rings. The number of nitrogens with one attached hydrogen (secondary N) is 1. The standard InChI is InChI=1S/C28H31N3O5/c1-5-20-15-19(11-12-24(20)36-28(3,4)27(32)33)17-30-23(26-29-13-14-34-26)16-22-18(2)35-25(31-22)21-9-7-6-8-10-21/h6-15,23,30H,5,16-17H2,1-4H3,(H,32,33). The van der Waals surface area contributed by atoms with Gasteiger partial charge in [-0.05, 0) is 56.5 Å². The second-order valence-electron chi connectivity index (χ2n) is 9.11. The first-order chi connectivity index (χ1) is 17.3. The van der Waals surface area contributed by atoms with Gasteiger partial charge < -0.3 is 24.0 Å². The first-order valence-electron chi connectivity index (χ1n) is 12.0. The first kappa shape index (κ1) is 25.2. The number of ether oxygens (including phenoxy) is 1. The van der Waals surface area contributed by atoms with E-state index >= 15 is 0 Å². The number of aryl methyl sites for hydroxylation is 2. The van der Waals surface area contributed by atoms with Crippen molar-refractivity contribution in [3.8, 4) is 17.2 Å². The van der Waals surface area contributed by atoms with Crippen LogP contribution in [-0.2, 0) is 24.2 Å². The van der Waals surface area contributed by atoms with Crippen molar-refractivity contribution >= 4 is 5.97 Å². The Morgan fingerprint density at radius 1 is 1.19 bits per heavy atom. The van der Waals surface area contributed by atoms with Gasteiger partial charge in [0, 0.05) is 18.5 Å². The molecule has 0 aliphatic carbocycles. The Labute approximate surface area is 210 Å². The zero-order chi connectivity index (χ0) is 25.7. The molecule has 0 saturated heterocycles. The number of hydrogen-bond donors (Lipinski definition) is 2. The summed E-state index contributed by atoms with van der Waals surface area (Å²) >= 11 is 0. The molecule has 2 N–H and O–H groups in total. The van der Waals surface area contributed by atoms with Crippen LogP contribution in [0.1, 0.15) is 55.3 Å². The maximum atomic E-state index is 11.5. The number of rotatable bonds is 11. The van der Waals surface area contributed by atoms with Gasteiger partial charge >= 0.3 is 5.97 Å². The summed E-state index contributed by atoms with van der Waals surface area (Å²) in [5.74, 6) is 1.47. The molecule has 0 aliphatic heterocycles. The van der Waals surface area contributed by atoms with Gasteiger partial charge in [-0.25, -0.2) is 14.8 Å². The predicted molar refractivity (Wildman–Crippen MR) is 135 cm³/mol. The Hall–Kier alpha value is -3.91. The minimum absolute atomic E-state index is 0.223. The maximum absolute atomic E-state index is 11.5. The van der Waals surface area contributed by atoms with Gasteiger partial charge in [-0.15, -0.1) is 0 Å². The average Bonchev–Trinajstić information content (AvgIpc) is 3.53. The van der Waals surface area contributed by atoms with Crippen LogP contribution >= 0.6 is 0 Å². The summed E-state index contributed by atoms with van der Waals surface area (Å²) in [5.41, 5.74) is 2.42. The number of nitrogens with zero attached hydrogens (tertiary/aromatic N) is 2. The lowest BCUT2D eigenvalue weighted by atomic mass is 10.0. The van der Waals surface area contributed by atoms with E-state index in [1.54, 1.807) is 26.3 Å². The Bertz CT molecular complexity index is 1300. The van der Waals surface area contributed by atoms with E-state index in [2.05, 4.69) is 10.3 Å². The molecule has 36 heavy (non-hydrogen) atoms. The number of carboxylic acids is 1. The van der Waals surface area contributed by atoms with Crippen molar-refractivity contribution in [2.24, 2.45) is 0 Å². The van der Waals surface area contributed by atoms with Crippen molar-refractivity contribution < 1.29 is 23.5 Å². The molecule has 1 atom stereocenters. The number of hydrogen-bond acceptors (Lipinski definition) is 7. The second kappa shape index (κ2) is 10.8. The zero-order valence-corrected chi connectivity index (χ0v) is 20.9. The highest BCUT2D eigenvalue weighted by atomic mass is 16.5. The topological polar surface area (TPSA) is 111 Å². The quantitative estimate of drug-likeness (QED) is 0.283. The van der Waals surface area contributed by atoms with Gasteiger partial charge in [-0.1, -0.05) is 37.3 Å². The summed E-state index contributed by atoms with van der Waals surface area (Å²) in [7, 11) is 0. The van der Waals surface area contributed by atoms with Gasteiger partial charge in [-0.2, -0.15) is 0 Å². The van der Waals surface area contributed by atoms with Gasteiger partial charge in [0.25, 0.3) is 0 Å². The molecule has 8 heteroatoms. The van der Waals surface area contributed by atoms with Gasteiger partial charge in [0.15, 0.2) is 5.60 Å². The molecule has 8 nitrogen and oxygen atoms in total. The molecule has 2 aromatic heterocycles. The molecule has 1 unspecified atom stereocenters. The van der Waals surface area contributed by atoms with Crippen LogP contribution in [0.15, 0.2) is 69.8 Å². The molecule has 0 fully saturated rings. The molecule has 0 spiro atoms. The van der Waals surface area contributed by atoms with Crippen LogP contribution in [0.25, 0.3) is 11.5 Å². The summed E-state index contributed by atoms with van der Waals surface area (Å²) in [6.07, 6.45) is 4.43. The first-order valence-corrected chi connectivity index (χ1v) is 12.0. The predicted octanol–water partition coefficient (Wildman–Crippen LogP) is 5.52. The fourth-order valence-corrected chi connectivity index (χ4v) is 3.85. The Balaban J connectivity index is 1.51. The molecule has 0 radical (unpaired) electrons. The van der Waals surface area contributed by atoms with Crippen LogP contribution in [0.3, 0.4) is 0 Å². The minimum Gasteiger partial charge on any atom is -0.478 e. The van der Waals surface area contributed by atoms with Gasteiger partial charge in [0.1, 0.15) is 17.8 Å². The lowest BCUT2D eigenvalue weighted by Gasteiger charge is -2.23. The van der Waals surface area contributed by atoms with E-state index in [0.717, 1.165) is 28.1 Å². The van der Waals surface area contributed by atoms with E-state index in [9.17, 15) is 9.90 Å². The summed E-state index contributed by atoms with van der Waals surface area (Å²) in [6.45, 7) is 7.55. The molecule has 0 saturated carbocycles. The van der Waals surface area contributed by atoms with Crippen LogP contribution in [-0.4, -0.2) is 26.6 Å². The number of oxazole rings is 2. The number of carboxylic acid groups (broad SMARTS) is 1. The number of aliphatic carboxylic acids is 1. The normalized spacial score (nSPS) is 12.4. The molecule has 2 aromatic carbocycles. The fourth-order valence-electron chi connectivity index (χ4n) is 3.85. The van der Waals surface area contributed by atoms with Gasteiger partial charge in [0.05, 0.1) is 17.9 Å². The van der Waals surface area contributed by atoms with Crippen molar-refractivity contribution in [2.45, 2.75) is 58.7 Å². The van der Waals surface area contributed by atoms with Crippen molar-refractivity contribution in [3.63, 3.8) is 0 Å². The summed E-state index contributed by atoms with van der Waals surface area (Å²) in [4.78, 5) is 20.6. The SMILES string of the molecule is CCc1cc(CNC(Cc2nc(-c3ccccc3)oc2C)c2ncco2)ccc1OC(C)(C)C(=O)O. The third kappa shape index (κ3) is 5.83. The third-order valence-corrected chi connectivity index (χ3v) is 6.00. The smallest absolute Gasteiger partial charge is 0.347 e. The van der Waals surface area contributed by atoms with Crippen LogP contribution in [0.2, 0.25) is 0 Å². The maximum Gasteiger partial charge on any atom is 0.347 e. The molecule has 0 amide bonds. The molecular formula is C28H31N3O5. The van der Waals surface area contributed by atoms with E-state index in [1.165, 1.54) is 0 Å². The second-order valence-corrected chi connectivity index (χ2v) is 9.11. The molecule has 0 bridgehead atoms. The van der Waals surface area contributed by atoms with Crippen LogP contribution in [0.5, 0.6) is 5.75 Å².